The highest BCUT2D eigenvalue weighted by molar-refractivity contribution is 5.66. The zero-order chi connectivity index (χ0) is 13.0. The zero-order valence-corrected chi connectivity index (χ0v) is 10.1. The molecule has 18 heavy (non-hydrogen) atoms. The first-order chi connectivity index (χ1) is 8.63. The molecule has 0 aliphatic heterocycles. The standard InChI is InChI=1S/C13H17FN2O2/c14-11-4-2-10(3-5-11)8-13(6-1-7-13)9-18-12(17)16-15/h2-5H,1,6-9,15H2,(H,16,17). The van der Waals surface area contributed by atoms with Crippen LogP contribution in [0.4, 0.5) is 9.18 Å². The van der Waals surface area contributed by atoms with Crippen LogP contribution < -0.4 is 11.3 Å². The lowest BCUT2D eigenvalue weighted by Crippen LogP contribution is -2.40. The van der Waals surface area contributed by atoms with Gasteiger partial charge in [-0.3, -0.25) is 5.43 Å². The molecule has 1 aliphatic rings. The number of hydrazine groups is 1. The summed E-state index contributed by atoms with van der Waals surface area (Å²) >= 11 is 0. The topological polar surface area (TPSA) is 64.3 Å². The second-order valence-electron chi connectivity index (χ2n) is 4.88. The fourth-order valence-corrected chi connectivity index (χ4v) is 2.34. The van der Waals surface area contributed by atoms with Gasteiger partial charge >= 0.3 is 6.09 Å². The molecule has 0 aromatic heterocycles. The van der Waals surface area contributed by atoms with E-state index < -0.39 is 6.09 Å². The van der Waals surface area contributed by atoms with Gasteiger partial charge in [0.2, 0.25) is 0 Å². The molecule has 0 atom stereocenters. The molecule has 1 aliphatic carbocycles. The monoisotopic (exact) mass is 252 g/mol. The Bertz CT molecular complexity index is 416. The van der Waals surface area contributed by atoms with Crippen molar-refractivity contribution in [2.24, 2.45) is 11.3 Å². The smallest absolute Gasteiger partial charge is 0.421 e. The molecular weight excluding hydrogens is 235 g/mol. The number of carbonyl (C=O) groups is 1. The van der Waals surface area contributed by atoms with Crippen LogP contribution in [-0.2, 0) is 11.2 Å². The van der Waals surface area contributed by atoms with Crippen molar-refractivity contribution in [3.05, 3.63) is 35.6 Å². The summed E-state index contributed by atoms with van der Waals surface area (Å²) in [6.07, 6.45) is 3.35. The molecule has 1 saturated carbocycles. The number of rotatable bonds is 4. The molecular formula is C13H17FN2O2. The molecule has 0 heterocycles. The zero-order valence-electron chi connectivity index (χ0n) is 10.1. The van der Waals surface area contributed by atoms with Crippen LogP contribution in [0.15, 0.2) is 24.3 Å². The summed E-state index contributed by atoms with van der Waals surface area (Å²) in [5, 5.41) is 0. The summed E-state index contributed by atoms with van der Waals surface area (Å²) in [6.45, 7) is 0.355. The maximum Gasteiger partial charge on any atom is 0.421 e. The fourth-order valence-electron chi connectivity index (χ4n) is 2.34. The molecule has 1 fully saturated rings. The van der Waals surface area contributed by atoms with Gasteiger partial charge in [-0.05, 0) is 37.0 Å². The van der Waals surface area contributed by atoms with Gasteiger partial charge in [0.05, 0.1) is 6.61 Å². The van der Waals surface area contributed by atoms with E-state index in [1.807, 2.05) is 5.43 Å². The van der Waals surface area contributed by atoms with Crippen LogP contribution in [0.1, 0.15) is 24.8 Å². The van der Waals surface area contributed by atoms with E-state index in [1.165, 1.54) is 12.1 Å². The summed E-state index contributed by atoms with van der Waals surface area (Å²) in [4.78, 5) is 11.0. The van der Waals surface area contributed by atoms with E-state index in [9.17, 15) is 9.18 Å². The predicted octanol–water partition coefficient (Wildman–Crippen LogP) is 2.14. The Balaban J connectivity index is 1.95. The van der Waals surface area contributed by atoms with Gasteiger partial charge in [0, 0.05) is 5.41 Å². The summed E-state index contributed by atoms with van der Waals surface area (Å²) in [7, 11) is 0. The highest BCUT2D eigenvalue weighted by Gasteiger charge is 2.38. The molecule has 0 radical (unpaired) electrons. The summed E-state index contributed by atoms with van der Waals surface area (Å²) in [5.41, 5.74) is 3.00. The van der Waals surface area contributed by atoms with Crippen LogP contribution in [0.5, 0.6) is 0 Å². The molecule has 1 aromatic carbocycles. The van der Waals surface area contributed by atoms with Crippen molar-refractivity contribution < 1.29 is 13.9 Å². The van der Waals surface area contributed by atoms with Crippen LogP contribution in [0.2, 0.25) is 0 Å². The van der Waals surface area contributed by atoms with Crippen molar-refractivity contribution in [3.63, 3.8) is 0 Å². The van der Waals surface area contributed by atoms with Gasteiger partial charge in [-0.15, -0.1) is 0 Å². The predicted molar refractivity (Wildman–Crippen MR) is 65.1 cm³/mol. The first kappa shape index (κ1) is 12.8. The van der Waals surface area contributed by atoms with Crippen molar-refractivity contribution in [1.29, 1.82) is 0 Å². The van der Waals surface area contributed by atoms with E-state index in [2.05, 4.69) is 0 Å². The van der Waals surface area contributed by atoms with E-state index >= 15 is 0 Å². The number of amides is 1. The molecule has 0 unspecified atom stereocenters. The second kappa shape index (κ2) is 5.35. The number of benzene rings is 1. The molecule has 1 aromatic rings. The SMILES string of the molecule is NNC(=O)OCC1(Cc2ccc(F)cc2)CCC1. The Morgan fingerprint density at radius 1 is 1.39 bits per heavy atom. The van der Waals surface area contributed by atoms with Gasteiger partial charge in [-0.2, -0.15) is 0 Å². The van der Waals surface area contributed by atoms with Gasteiger partial charge in [-0.1, -0.05) is 18.6 Å². The molecule has 3 N–H and O–H groups in total. The number of nitrogens with one attached hydrogen (secondary N) is 1. The van der Waals surface area contributed by atoms with Crippen LogP contribution >= 0.6 is 0 Å². The fraction of sp³-hybridized carbons (Fsp3) is 0.462. The lowest BCUT2D eigenvalue weighted by molar-refractivity contribution is 0.0274. The lowest BCUT2D eigenvalue weighted by atomic mass is 9.66. The summed E-state index contributed by atoms with van der Waals surface area (Å²) < 4.78 is 17.9. The largest absolute Gasteiger partial charge is 0.448 e. The van der Waals surface area contributed by atoms with Crippen molar-refractivity contribution >= 4 is 6.09 Å². The van der Waals surface area contributed by atoms with Gasteiger partial charge in [-0.25, -0.2) is 15.0 Å². The van der Waals surface area contributed by atoms with Gasteiger partial charge in [0.25, 0.3) is 0 Å². The first-order valence-corrected chi connectivity index (χ1v) is 6.01. The van der Waals surface area contributed by atoms with E-state index in [1.54, 1.807) is 12.1 Å². The molecule has 4 nitrogen and oxygen atoms in total. The lowest BCUT2D eigenvalue weighted by Gasteiger charge is -2.41. The third-order valence-corrected chi connectivity index (χ3v) is 3.53. The third kappa shape index (κ3) is 2.98. The molecule has 5 heteroatoms. The van der Waals surface area contributed by atoms with Crippen molar-refractivity contribution in [1.82, 2.24) is 5.43 Å². The highest BCUT2D eigenvalue weighted by Crippen LogP contribution is 2.43. The van der Waals surface area contributed by atoms with Crippen LogP contribution in [0.25, 0.3) is 0 Å². The highest BCUT2D eigenvalue weighted by atomic mass is 19.1. The van der Waals surface area contributed by atoms with Crippen molar-refractivity contribution in [2.45, 2.75) is 25.7 Å². The Hall–Kier alpha value is -1.62. The minimum Gasteiger partial charge on any atom is -0.448 e. The molecule has 0 spiro atoms. The Morgan fingerprint density at radius 3 is 2.56 bits per heavy atom. The minimum atomic E-state index is -0.611. The number of hydrogen-bond donors (Lipinski definition) is 2. The van der Waals surface area contributed by atoms with Crippen molar-refractivity contribution in [2.75, 3.05) is 6.61 Å². The van der Waals surface area contributed by atoms with Gasteiger partial charge in [0.15, 0.2) is 0 Å². The van der Waals surface area contributed by atoms with E-state index in [-0.39, 0.29) is 11.2 Å². The Kier molecular flexibility index (Phi) is 3.81. The first-order valence-electron chi connectivity index (χ1n) is 6.01. The number of carbonyl (C=O) groups excluding carboxylic acids is 1. The average Bonchev–Trinajstić information content (AvgIpc) is 2.34. The third-order valence-electron chi connectivity index (χ3n) is 3.53. The Morgan fingerprint density at radius 2 is 2.06 bits per heavy atom. The second-order valence-corrected chi connectivity index (χ2v) is 4.88. The van der Waals surface area contributed by atoms with Crippen LogP contribution in [-0.4, -0.2) is 12.7 Å². The van der Waals surface area contributed by atoms with E-state index in [4.69, 9.17) is 10.6 Å². The maximum atomic E-state index is 12.8. The molecule has 1 amide bonds. The quantitative estimate of drug-likeness (QED) is 0.490. The summed E-state index contributed by atoms with van der Waals surface area (Å²) in [5.74, 6) is 4.73. The van der Waals surface area contributed by atoms with Crippen molar-refractivity contribution in [3.8, 4) is 0 Å². The molecule has 98 valence electrons. The number of halogens is 1. The molecule has 0 bridgehead atoms. The van der Waals surface area contributed by atoms with Gasteiger partial charge in [0.1, 0.15) is 5.82 Å². The maximum absolute atomic E-state index is 12.8. The van der Waals surface area contributed by atoms with Gasteiger partial charge < -0.3 is 4.74 Å². The normalized spacial score (nSPS) is 16.8. The number of hydrogen-bond acceptors (Lipinski definition) is 3. The number of nitrogens with two attached hydrogens (primary N) is 1. The minimum absolute atomic E-state index is 0.00958. The number of ether oxygens (including phenoxy) is 1. The molecule has 2 rings (SSSR count). The van der Waals surface area contributed by atoms with E-state index in [0.29, 0.717) is 6.61 Å². The van der Waals surface area contributed by atoms with Crippen LogP contribution in [0.3, 0.4) is 0 Å². The van der Waals surface area contributed by atoms with Crippen LogP contribution in [0, 0.1) is 11.2 Å². The molecule has 0 saturated heterocycles. The summed E-state index contributed by atoms with van der Waals surface area (Å²) in [6, 6.07) is 6.46. The average molecular weight is 252 g/mol. The van der Waals surface area contributed by atoms with E-state index in [0.717, 1.165) is 31.2 Å². The Labute approximate surface area is 105 Å².